The maximum atomic E-state index is 12.7. The second kappa shape index (κ2) is 5.59. The van der Waals surface area contributed by atoms with Crippen LogP contribution in [-0.2, 0) is 4.79 Å². The Hall–Kier alpha value is -2.34. The van der Waals surface area contributed by atoms with Crippen molar-refractivity contribution in [1.82, 2.24) is 4.90 Å². The molecule has 0 unspecified atom stereocenters. The van der Waals surface area contributed by atoms with E-state index in [1.54, 1.807) is 4.90 Å². The third-order valence-electron chi connectivity index (χ3n) is 5.65. The van der Waals surface area contributed by atoms with Gasteiger partial charge in [-0.3, -0.25) is 10.2 Å². The summed E-state index contributed by atoms with van der Waals surface area (Å²) < 4.78 is 0. The topological polar surface area (TPSA) is 70.9 Å². The van der Waals surface area contributed by atoms with Gasteiger partial charge in [-0.05, 0) is 25.0 Å². The number of anilines is 2. The lowest BCUT2D eigenvalue weighted by Gasteiger charge is -2.29. The first-order chi connectivity index (χ1) is 11.9. The summed E-state index contributed by atoms with van der Waals surface area (Å²) in [5, 5.41) is 19.2. The van der Waals surface area contributed by atoms with E-state index in [2.05, 4.69) is 0 Å². The van der Waals surface area contributed by atoms with Crippen molar-refractivity contribution < 1.29 is 9.90 Å². The molecule has 1 aromatic rings. The van der Waals surface area contributed by atoms with Crippen LogP contribution in [0.5, 0.6) is 0 Å². The predicted molar refractivity (Wildman–Crippen MR) is 98.0 cm³/mol. The molecule has 2 aliphatic heterocycles. The number of carbonyl (C=O) groups is 1. The SMILES string of the molecule is CN1C(=C2C(=N)N(CC3(O)CCCC3)CC2=O)N(C)c2ccccc21. The summed E-state index contributed by atoms with van der Waals surface area (Å²) in [6.07, 6.45) is 3.53. The number of β-amino-alcohol motifs (C(OH)–C–C–N with tert-alkyl or cyclic N) is 1. The summed E-state index contributed by atoms with van der Waals surface area (Å²) in [4.78, 5) is 18.4. The van der Waals surface area contributed by atoms with Crippen LogP contribution in [0, 0.1) is 5.41 Å². The van der Waals surface area contributed by atoms with Crippen molar-refractivity contribution in [2.24, 2.45) is 0 Å². The molecule has 0 amide bonds. The molecule has 2 fully saturated rings. The summed E-state index contributed by atoms with van der Waals surface area (Å²) in [6.45, 7) is 0.548. The fourth-order valence-electron chi connectivity index (χ4n) is 4.35. The number of amidine groups is 1. The lowest BCUT2D eigenvalue weighted by Crippen LogP contribution is -2.42. The van der Waals surface area contributed by atoms with Gasteiger partial charge in [0.25, 0.3) is 0 Å². The highest BCUT2D eigenvalue weighted by Gasteiger charge is 2.42. The second-order valence-corrected chi connectivity index (χ2v) is 7.36. The molecule has 25 heavy (non-hydrogen) atoms. The quantitative estimate of drug-likeness (QED) is 0.805. The molecule has 0 aromatic heterocycles. The first-order valence-electron chi connectivity index (χ1n) is 8.81. The minimum absolute atomic E-state index is 0.0481. The number of benzene rings is 1. The zero-order valence-electron chi connectivity index (χ0n) is 14.7. The zero-order chi connectivity index (χ0) is 17.8. The van der Waals surface area contributed by atoms with Crippen LogP contribution in [0.1, 0.15) is 25.7 Å². The van der Waals surface area contributed by atoms with Crippen LogP contribution in [0.2, 0.25) is 0 Å². The number of nitrogens with zero attached hydrogens (tertiary/aromatic N) is 3. The number of ketones is 1. The monoisotopic (exact) mass is 340 g/mol. The molecule has 1 saturated carbocycles. The van der Waals surface area contributed by atoms with E-state index in [-0.39, 0.29) is 18.2 Å². The van der Waals surface area contributed by atoms with E-state index in [1.807, 2.05) is 48.2 Å². The number of carbonyl (C=O) groups excluding carboxylic acids is 1. The number of Topliss-reactive ketones (excluding diaryl/α,β-unsaturated/α-hetero) is 1. The van der Waals surface area contributed by atoms with E-state index in [0.717, 1.165) is 42.9 Å². The second-order valence-electron chi connectivity index (χ2n) is 7.36. The van der Waals surface area contributed by atoms with E-state index in [9.17, 15) is 9.90 Å². The zero-order valence-corrected chi connectivity index (χ0v) is 14.7. The summed E-state index contributed by atoms with van der Waals surface area (Å²) in [7, 11) is 3.86. The molecule has 2 heterocycles. The van der Waals surface area contributed by atoms with E-state index in [1.165, 1.54) is 0 Å². The smallest absolute Gasteiger partial charge is 0.189 e. The molecule has 0 radical (unpaired) electrons. The van der Waals surface area contributed by atoms with Gasteiger partial charge in [-0.15, -0.1) is 0 Å². The summed E-state index contributed by atoms with van der Waals surface area (Å²) >= 11 is 0. The minimum atomic E-state index is -0.761. The van der Waals surface area contributed by atoms with Crippen molar-refractivity contribution in [3.63, 3.8) is 0 Å². The Kier molecular flexibility index (Phi) is 3.61. The summed E-state index contributed by atoms with van der Waals surface area (Å²) in [5.41, 5.74) is 1.74. The highest BCUT2D eigenvalue weighted by molar-refractivity contribution is 6.27. The van der Waals surface area contributed by atoms with Crippen molar-refractivity contribution in [1.29, 1.82) is 5.41 Å². The van der Waals surface area contributed by atoms with Gasteiger partial charge >= 0.3 is 0 Å². The van der Waals surface area contributed by atoms with Crippen LogP contribution in [0.25, 0.3) is 0 Å². The molecule has 1 aromatic carbocycles. The summed E-state index contributed by atoms with van der Waals surface area (Å²) in [6, 6.07) is 7.98. The van der Waals surface area contributed by atoms with Gasteiger partial charge in [0.05, 0.1) is 23.5 Å². The average Bonchev–Trinajstić information content (AvgIpc) is 3.20. The van der Waals surface area contributed by atoms with Gasteiger partial charge in [0.1, 0.15) is 17.2 Å². The standard InChI is InChI=1S/C19H24N4O2/c1-21-13-7-3-4-8-14(13)22(2)18(21)16-15(24)11-23(17(16)20)12-19(25)9-5-6-10-19/h3-4,7-8,20,25H,5-6,9-12H2,1-2H3. The van der Waals surface area contributed by atoms with Crippen LogP contribution in [0.3, 0.4) is 0 Å². The molecular weight excluding hydrogens is 316 g/mol. The Labute approximate surface area is 147 Å². The van der Waals surface area contributed by atoms with Gasteiger partial charge in [0.2, 0.25) is 0 Å². The molecule has 1 saturated heterocycles. The van der Waals surface area contributed by atoms with Gasteiger partial charge in [0.15, 0.2) is 5.78 Å². The third-order valence-corrected chi connectivity index (χ3v) is 5.65. The fourth-order valence-corrected chi connectivity index (χ4v) is 4.35. The molecule has 0 bridgehead atoms. The lowest BCUT2D eigenvalue weighted by molar-refractivity contribution is -0.114. The van der Waals surface area contributed by atoms with Gasteiger partial charge in [-0.25, -0.2) is 0 Å². The maximum Gasteiger partial charge on any atom is 0.189 e. The first-order valence-corrected chi connectivity index (χ1v) is 8.81. The fraction of sp³-hybridized carbons (Fsp3) is 0.474. The van der Waals surface area contributed by atoms with Crippen LogP contribution >= 0.6 is 0 Å². The Bertz CT molecular complexity index is 748. The normalized spacial score (nSPS) is 22.4. The van der Waals surface area contributed by atoms with Crippen molar-refractivity contribution in [3.8, 4) is 0 Å². The maximum absolute atomic E-state index is 12.7. The van der Waals surface area contributed by atoms with Crippen molar-refractivity contribution in [2.75, 3.05) is 37.0 Å². The molecular formula is C19H24N4O2. The molecule has 1 aliphatic carbocycles. The molecule has 132 valence electrons. The molecule has 0 spiro atoms. The van der Waals surface area contributed by atoms with Gasteiger partial charge in [0, 0.05) is 20.6 Å². The minimum Gasteiger partial charge on any atom is -0.388 e. The highest BCUT2D eigenvalue weighted by atomic mass is 16.3. The van der Waals surface area contributed by atoms with Crippen molar-refractivity contribution in [3.05, 3.63) is 35.7 Å². The number of hydrogen-bond donors (Lipinski definition) is 2. The number of fused-ring (bicyclic) bond motifs is 1. The Morgan fingerprint density at radius 3 is 2.24 bits per heavy atom. The Balaban J connectivity index is 1.68. The van der Waals surface area contributed by atoms with Crippen molar-refractivity contribution in [2.45, 2.75) is 31.3 Å². The number of para-hydroxylation sites is 2. The lowest BCUT2D eigenvalue weighted by atomic mass is 10.0. The highest BCUT2D eigenvalue weighted by Crippen LogP contribution is 2.41. The number of rotatable bonds is 2. The van der Waals surface area contributed by atoms with Crippen LogP contribution in [0.4, 0.5) is 11.4 Å². The summed E-state index contributed by atoms with van der Waals surface area (Å²) in [5.74, 6) is 0.928. The van der Waals surface area contributed by atoms with E-state index in [4.69, 9.17) is 5.41 Å². The molecule has 6 heteroatoms. The van der Waals surface area contributed by atoms with Crippen LogP contribution in [-0.4, -0.2) is 54.4 Å². The van der Waals surface area contributed by atoms with Gasteiger partial charge in [-0.2, -0.15) is 0 Å². The number of nitrogens with one attached hydrogen (secondary N) is 1. The molecule has 3 aliphatic rings. The Morgan fingerprint density at radius 2 is 1.68 bits per heavy atom. The van der Waals surface area contributed by atoms with Crippen LogP contribution < -0.4 is 9.80 Å². The third kappa shape index (κ3) is 2.43. The van der Waals surface area contributed by atoms with E-state index < -0.39 is 5.60 Å². The molecule has 4 rings (SSSR count). The van der Waals surface area contributed by atoms with Gasteiger partial charge in [-0.1, -0.05) is 25.0 Å². The number of likely N-dealkylation sites (tertiary alicyclic amines) is 1. The largest absolute Gasteiger partial charge is 0.388 e. The number of hydrogen-bond acceptors (Lipinski definition) is 5. The number of aliphatic hydroxyl groups is 1. The van der Waals surface area contributed by atoms with E-state index >= 15 is 0 Å². The molecule has 0 atom stereocenters. The Morgan fingerprint density at radius 1 is 1.12 bits per heavy atom. The first kappa shape index (κ1) is 16.1. The molecule has 2 N–H and O–H groups in total. The molecule has 6 nitrogen and oxygen atoms in total. The van der Waals surface area contributed by atoms with Crippen molar-refractivity contribution >= 4 is 23.0 Å². The van der Waals surface area contributed by atoms with Crippen LogP contribution in [0.15, 0.2) is 35.7 Å². The van der Waals surface area contributed by atoms with Gasteiger partial charge < -0.3 is 19.8 Å². The predicted octanol–water partition coefficient (Wildman–Crippen LogP) is 1.95. The van der Waals surface area contributed by atoms with E-state index in [0.29, 0.717) is 12.1 Å². The average molecular weight is 340 g/mol.